The fourth-order valence-corrected chi connectivity index (χ4v) is 1.46. The summed E-state index contributed by atoms with van der Waals surface area (Å²) in [6.45, 7) is 4.60. The number of rotatable bonds is 8. The van der Waals surface area contributed by atoms with Crippen LogP contribution in [0.4, 0.5) is 0 Å². The first-order valence-corrected chi connectivity index (χ1v) is 6.50. The standard InChI is InChI=1S/C14H23N3O2.HI/c1-3-7-16-14(15)17-11-12-5-4-6-13(10-12)19-9-8-18-2;/h4-6,10H,3,7-9,11H2,1-2H3,(H3,15,16,17);1H. The third-order valence-electron chi connectivity index (χ3n) is 2.44. The van der Waals surface area contributed by atoms with Crippen LogP contribution in [-0.4, -0.2) is 32.8 Å². The molecule has 1 aromatic rings. The van der Waals surface area contributed by atoms with Crippen LogP contribution >= 0.6 is 24.0 Å². The number of halogens is 1. The Labute approximate surface area is 138 Å². The molecule has 0 bridgehead atoms. The number of nitrogens with zero attached hydrogens (tertiary/aromatic N) is 1. The minimum Gasteiger partial charge on any atom is -0.491 e. The summed E-state index contributed by atoms with van der Waals surface area (Å²) in [7, 11) is 1.65. The lowest BCUT2D eigenvalue weighted by molar-refractivity contribution is 0.146. The Morgan fingerprint density at radius 2 is 2.15 bits per heavy atom. The van der Waals surface area contributed by atoms with Crippen molar-refractivity contribution < 1.29 is 9.47 Å². The van der Waals surface area contributed by atoms with Crippen LogP contribution < -0.4 is 15.8 Å². The van der Waals surface area contributed by atoms with Gasteiger partial charge in [-0.05, 0) is 24.1 Å². The number of benzene rings is 1. The van der Waals surface area contributed by atoms with Crippen LogP contribution in [0.2, 0.25) is 0 Å². The van der Waals surface area contributed by atoms with Crippen LogP contribution in [0.25, 0.3) is 0 Å². The number of nitrogens with one attached hydrogen (secondary N) is 1. The van der Waals surface area contributed by atoms with Crippen molar-refractivity contribution in [1.29, 1.82) is 0 Å². The summed E-state index contributed by atoms with van der Waals surface area (Å²) >= 11 is 0. The summed E-state index contributed by atoms with van der Waals surface area (Å²) in [6, 6.07) is 7.83. The van der Waals surface area contributed by atoms with Crippen molar-refractivity contribution in [2.75, 3.05) is 26.9 Å². The van der Waals surface area contributed by atoms with Crippen LogP contribution in [0, 0.1) is 0 Å². The van der Waals surface area contributed by atoms with Gasteiger partial charge in [-0.25, -0.2) is 4.99 Å². The maximum atomic E-state index is 5.73. The maximum absolute atomic E-state index is 5.73. The van der Waals surface area contributed by atoms with Crippen LogP contribution in [0.1, 0.15) is 18.9 Å². The molecule has 1 aromatic carbocycles. The van der Waals surface area contributed by atoms with Gasteiger partial charge in [0.15, 0.2) is 5.96 Å². The maximum Gasteiger partial charge on any atom is 0.188 e. The molecule has 1 rings (SSSR count). The van der Waals surface area contributed by atoms with E-state index in [1.165, 1.54) is 0 Å². The monoisotopic (exact) mass is 393 g/mol. The number of hydrogen-bond acceptors (Lipinski definition) is 3. The predicted octanol–water partition coefficient (Wildman–Crippen LogP) is 2.14. The van der Waals surface area contributed by atoms with Crippen molar-refractivity contribution in [1.82, 2.24) is 5.32 Å². The van der Waals surface area contributed by atoms with E-state index in [0.717, 1.165) is 24.3 Å². The van der Waals surface area contributed by atoms with Gasteiger partial charge >= 0.3 is 0 Å². The van der Waals surface area contributed by atoms with Gasteiger partial charge in [-0.2, -0.15) is 0 Å². The molecule has 0 heterocycles. The highest BCUT2D eigenvalue weighted by atomic mass is 127. The second-order valence-corrected chi connectivity index (χ2v) is 4.12. The van der Waals surface area contributed by atoms with Gasteiger partial charge in [-0.15, -0.1) is 24.0 Å². The van der Waals surface area contributed by atoms with E-state index in [-0.39, 0.29) is 24.0 Å². The van der Waals surface area contributed by atoms with Gasteiger partial charge in [0.25, 0.3) is 0 Å². The molecule has 0 saturated carbocycles. The van der Waals surface area contributed by atoms with Crippen LogP contribution in [0.5, 0.6) is 5.75 Å². The summed E-state index contributed by atoms with van der Waals surface area (Å²) in [4.78, 5) is 4.27. The minimum absolute atomic E-state index is 0. The first-order chi connectivity index (χ1) is 9.26. The van der Waals surface area contributed by atoms with Crippen LogP contribution in [-0.2, 0) is 11.3 Å². The molecule has 0 atom stereocenters. The molecule has 0 radical (unpaired) electrons. The Morgan fingerprint density at radius 3 is 2.85 bits per heavy atom. The Morgan fingerprint density at radius 1 is 1.35 bits per heavy atom. The number of methoxy groups -OCH3 is 1. The van der Waals surface area contributed by atoms with E-state index in [4.69, 9.17) is 15.2 Å². The van der Waals surface area contributed by atoms with Gasteiger partial charge in [-0.1, -0.05) is 19.1 Å². The fourth-order valence-electron chi connectivity index (χ4n) is 1.46. The number of aliphatic imine (C=N–C) groups is 1. The molecule has 5 nitrogen and oxygen atoms in total. The SMILES string of the molecule is CCCNC(N)=NCc1cccc(OCCOC)c1.I. The Hall–Kier alpha value is -1.02. The van der Waals surface area contributed by atoms with E-state index in [2.05, 4.69) is 17.2 Å². The molecule has 0 aromatic heterocycles. The van der Waals surface area contributed by atoms with E-state index >= 15 is 0 Å². The van der Waals surface area contributed by atoms with Crippen molar-refractivity contribution in [3.8, 4) is 5.75 Å². The molecule has 0 spiro atoms. The number of ether oxygens (including phenoxy) is 2. The zero-order valence-electron chi connectivity index (χ0n) is 12.1. The molecular formula is C14H24IN3O2. The van der Waals surface area contributed by atoms with Gasteiger partial charge in [0.05, 0.1) is 13.2 Å². The van der Waals surface area contributed by atoms with Crippen molar-refractivity contribution in [3.05, 3.63) is 29.8 Å². The average Bonchev–Trinajstić information content (AvgIpc) is 2.44. The molecule has 0 fully saturated rings. The molecular weight excluding hydrogens is 369 g/mol. The summed E-state index contributed by atoms with van der Waals surface area (Å²) in [5.74, 6) is 1.30. The lowest BCUT2D eigenvalue weighted by atomic mass is 10.2. The average molecular weight is 393 g/mol. The third-order valence-corrected chi connectivity index (χ3v) is 2.44. The van der Waals surface area contributed by atoms with E-state index in [0.29, 0.717) is 25.7 Å². The molecule has 0 amide bonds. The topological polar surface area (TPSA) is 68.9 Å². The van der Waals surface area contributed by atoms with Gasteiger partial charge in [0.1, 0.15) is 12.4 Å². The minimum atomic E-state index is 0. The lowest BCUT2D eigenvalue weighted by Crippen LogP contribution is -2.32. The van der Waals surface area contributed by atoms with Crippen LogP contribution in [0.15, 0.2) is 29.3 Å². The summed E-state index contributed by atoms with van der Waals surface area (Å²) < 4.78 is 10.5. The van der Waals surface area contributed by atoms with Crippen molar-refractivity contribution in [3.63, 3.8) is 0 Å². The molecule has 114 valence electrons. The molecule has 20 heavy (non-hydrogen) atoms. The van der Waals surface area contributed by atoms with E-state index < -0.39 is 0 Å². The highest BCUT2D eigenvalue weighted by Crippen LogP contribution is 2.13. The third kappa shape index (κ3) is 8.21. The largest absolute Gasteiger partial charge is 0.491 e. The van der Waals surface area contributed by atoms with E-state index in [9.17, 15) is 0 Å². The second kappa shape index (κ2) is 11.8. The van der Waals surface area contributed by atoms with Gasteiger partial charge in [0.2, 0.25) is 0 Å². The first-order valence-electron chi connectivity index (χ1n) is 6.50. The Bertz CT molecular complexity index is 400. The molecule has 0 aliphatic rings. The second-order valence-electron chi connectivity index (χ2n) is 4.12. The van der Waals surface area contributed by atoms with E-state index in [1.54, 1.807) is 7.11 Å². The molecule has 6 heteroatoms. The van der Waals surface area contributed by atoms with Crippen molar-refractivity contribution in [2.45, 2.75) is 19.9 Å². The number of hydrogen-bond donors (Lipinski definition) is 2. The molecule has 0 saturated heterocycles. The highest BCUT2D eigenvalue weighted by Gasteiger charge is 1.97. The van der Waals surface area contributed by atoms with Gasteiger partial charge in [0, 0.05) is 13.7 Å². The zero-order chi connectivity index (χ0) is 13.9. The fraction of sp³-hybridized carbons (Fsp3) is 0.500. The Balaban J connectivity index is 0.00000361. The molecule has 3 N–H and O–H groups in total. The van der Waals surface area contributed by atoms with Crippen LogP contribution in [0.3, 0.4) is 0 Å². The summed E-state index contributed by atoms with van der Waals surface area (Å²) in [5.41, 5.74) is 6.80. The van der Waals surface area contributed by atoms with Crippen molar-refractivity contribution >= 4 is 29.9 Å². The highest BCUT2D eigenvalue weighted by molar-refractivity contribution is 14.0. The number of nitrogens with two attached hydrogens (primary N) is 1. The zero-order valence-corrected chi connectivity index (χ0v) is 14.4. The normalized spacial score (nSPS) is 10.8. The Kier molecular flexibility index (Phi) is 11.2. The molecule has 0 aliphatic heterocycles. The number of guanidine groups is 1. The lowest BCUT2D eigenvalue weighted by Gasteiger charge is -2.07. The van der Waals surface area contributed by atoms with Gasteiger partial charge < -0.3 is 20.5 Å². The molecule has 0 aliphatic carbocycles. The summed E-state index contributed by atoms with van der Waals surface area (Å²) in [6.07, 6.45) is 1.03. The van der Waals surface area contributed by atoms with E-state index in [1.807, 2.05) is 24.3 Å². The molecule has 0 unspecified atom stereocenters. The predicted molar refractivity (Wildman–Crippen MR) is 92.8 cm³/mol. The van der Waals surface area contributed by atoms with Gasteiger partial charge in [-0.3, -0.25) is 0 Å². The quantitative estimate of drug-likeness (QED) is 0.307. The smallest absolute Gasteiger partial charge is 0.188 e. The van der Waals surface area contributed by atoms with Crippen molar-refractivity contribution in [2.24, 2.45) is 10.7 Å². The summed E-state index contributed by atoms with van der Waals surface area (Å²) in [5, 5.41) is 3.04. The first kappa shape index (κ1) is 19.0.